The Morgan fingerprint density at radius 3 is 2.81 bits per heavy atom. The largest absolute Gasteiger partial charge is 0.324 e. The highest BCUT2D eigenvalue weighted by Gasteiger charge is 2.06. The lowest BCUT2D eigenvalue weighted by Crippen LogP contribution is -2.14. The van der Waals surface area contributed by atoms with Gasteiger partial charge in [-0.2, -0.15) is 0 Å². The molecule has 0 atom stereocenters. The predicted molar refractivity (Wildman–Crippen MR) is 95.1 cm³/mol. The molecule has 0 heterocycles. The Kier molecular flexibility index (Phi) is 6.15. The fraction of sp³-hybridized carbons (Fsp3) is 0.188. The van der Waals surface area contributed by atoms with Crippen molar-refractivity contribution in [1.29, 1.82) is 0 Å². The number of nitrogens with one attached hydrogen (secondary N) is 1. The first-order chi connectivity index (χ1) is 10.0. The zero-order chi connectivity index (χ0) is 15.2. The third-order valence-electron chi connectivity index (χ3n) is 2.79. The Morgan fingerprint density at radius 1 is 1.29 bits per heavy atom. The second-order valence-electron chi connectivity index (χ2n) is 4.65. The van der Waals surface area contributed by atoms with Crippen molar-refractivity contribution in [2.24, 2.45) is 0 Å². The maximum Gasteiger partial charge on any atom is 0.234 e. The van der Waals surface area contributed by atoms with Gasteiger partial charge in [0, 0.05) is 15.2 Å². The summed E-state index contributed by atoms with van der Waals surface area (Å²) in [4.78, 5) is 11.9. The van der Waals surface area contributed by atoms with Gasteiger partial charge in [-0.25, -0.2) is 0 Å². The van der Waals surface area contributed by atoms with Gasteiger partial charge in [0.05, 0.1) is 11.4 Å². The average Bonchev–Trinajstić information content (AvgIpc) is 2.42. The molecule has 21 heavy (non-hydrogen) atoms. The monoisotopic (exact) mass is 383 g/mol. The molecule has 0 bridgehead atoms. The Balaban J connectivity index is 1.82. The number of hydrogen-bond donors (Lipinski definition) is 1. The van der Waals surface area contributed by atoms with E-state index < -0.39 is 0 Å². The molecule has 0 saturated heterocycles. The maximum absolute atomic E-state index is 11.9. The third kappa shape index (κ3) is 5.38. The molecule has 0 fully saturated rings. The van der Waals surface area contributed by atoms with E-state index in [2.05, 4.69) is 21.2 Å². The smallest absolute Gasteiger partial charge is 0.234 e. The zero-order valence-corrected chi connectivity index (χ0v) is 14.7. The van der Waals surface area contributed by atoms with Crippen LogP contribution in [-0.4, -0.2) is 11.7 Å². The predicted octanol–water partition coefficient (Wildman–Crippen LogP) is 5.28. The number of benzene rings is 2. The quantitative estimate of drug-likeness (QED) is 0.759. The molecule has 2 nitrogen and oxygen atoms in total. The van der Waals surface area contributed by atoms with E-state index in [-0.39, 0.29) is 5.91 Å². The average molecular weight is 385 g/mol. The fourth-order valence-electron chi connectivity index (χ4n) is 1.80. The van der Waals surface area contributed by atoms with Crippen molar-refractivity contribution in [3.8, 4) is 0 Å². The van der Waals surface area contributed by atoms with E-state index in [0.717, 1.165) is 32.1 Å². The number of halogens is 2. The maximum atomic E-state index is 11.9. The molecule has 2 aromatic rings. The van der Waals surface area contributed by atoms with Crippen molar-refractivity contribution < 1.29 is 4.79 Å². The van der Waals surface area contributed by atoms with E-state index in [1.54, 1.807) is 11.8 Å². The highest BCUT2D eigenvalue weighted by atomic mass is 79.9. The third-order valence-corrected chi connectivity index (χ3v) is 4.68. The standard InChI is InChI=1S/C16H15BrClNOS/c1-11-5-6-15(14(17)7-11)19-16(20)10-21-9-12-3-2-4-13(18)8-12/h2-8H,9-10H2,1H3,(H,19,20). The molecule has 0 saturated carbocycles. The van der Waals surface area contributed by atoms with Crippen molar-refractivity contribution in [3.63, 3.8) is 0 Å². The van der Waals surface area contributed by atoms with Crippen LogP contribution in [0.15, 0.2) is 46.9 Å². The van der Waals surface area contributed by atoms with E-state index in [0.29, 0.717) is 5.75 Å². The Morgan fingerprint density at radius 2 is 2.10 bits per heavy atom. The van der Waals surface area contributed by atoms with E-state index in [1.807, 2.05) is 49.4 Å². The van der Waals surface area contributed by atoms with E-state index in [1.165, 1.54) is 0 Å². The van der Waals surface area contributed by atoms with Crippen LogP contribution in [0.4, 0.5) is 5.69 Å². The number of amides is 1. The first kappa shape index (κ1) is 16.4. The van der Waals surface area contributed by atoms with Crippen molar-refractivity contribution in [3.05, 3.63) is 63.1 Å². The van der Waals surface area contributed by atoms with Crippen LogP contribution < -0.4 is 5.32 Å². The van der Waals surface area contributed by atoms with Crippen molar-refractivity contribution in [2.45, 2.75) is 12.7 Å². The lowest BCUT2D eigenvalue weighted by Gasteiger charge is -2.08. The van der Waals surface area contributed by atoms with Gasteiger partial charge in [0.2, 0.25) is 5.91 Å². The molecular weight excluding hydrogens is 370 g/mol. The van der Waals surface area contributed by atoms with Gasteiger partial charge in [0.15, 0.2) is 0 Å². The summed E-state index contributed by atoms with van der Waals surface area (Å²) in [5.41, 5.74) is 3.07. The summed E-state index contributed by atoms with van der Waals surface area (Å²) >= 11 is 10.9. The van der Waals surface area contributed by atoms with E-state index in [4.69, 9.17) is 11.6 Å². The normalized spacial score (nSPS) is 10.4. The molecule has 110 valence electrons. The Labute approximate surface area is 142 Å². The van der Waals surface area contributed by atoms with Crippen LogP contribution in [0.25, 0.3) is 0 Å². The van der Waals surface area contributed by atoms with Gasteiger partial charge in [-0.3, -0.25) is 4.79 Å². The summed E-state index contributed by atoms with van der Waals surface area (Å²) < 4.78 is 0.899. The zero-order valence-electron chi connectivity index (χ0n) is 11.5. The van der Waals surface area contributed by atoms with Gasteiger partial charge in [0.25, 0.3) is 0 Å². The summed E-state index contributed by atoms with van der Waals surface area (Å²) in [6.45, 7) is 2.01. The minimum Gasteiger partial charge on any atom is -0.324 e. The Bertz CT molecular complexity index is 648. The summed E-state index contributed by atoms with van der Waals surface area (Å²) in [6, 6.07) is 13.5. The van der Waals surface area contributed by atoms with Gasteiger partial charge in [-0.1, -0.05) is 29.8 Å². The van der Waals surface area contributed by atoms with Gasteiger partial charge in [-0.05, 0) is 58.2 Å². The Hall–Kier alpha value is -0.970. The first-order valence-corrected chi connectivity index (χ1v) is 8.75. The highest BCUT2D eigenvalue weighted by molar-refractivity contribution is 9.10. The number of carbonyl (C=O) groups excluding carboxylic acids is 1. The molecule has 2 rings (SSSR count). The van der Waals surface area contributed by atoms with E-state index in [9.17, 15) is 4.79 Å². The first-order valence-electron chi connectivity index (χ1n) is 6.43. The summed E-state index contributed by atoms with van der Waals surface area (Å²) in [5.74, 6) is 1.17. The van der Waals surface area contributed by atoms with Crippen LogP contribution >= 0.6 is 39.3 Å². The molecule has 0 aliphatic rings. The minimum absolute atomic E-state index is 0.00780. The second kappa shape index (κ2) is 7.87. The number of aryl methyl sites for hydroxylation is 1. The van der Waals surface area contributed by atoms with E-state index >= 15 is 0 Å². The summed E-state index contributed by atoms with van der Waals surface area (Å²) in [6.07, 6.45) is 0. The van der Waals surface area contributed by atoms with Crippen molar-refractivity contribution in [1.82, 2.24) is 0 Å². The molecule has 0 radical (unpaired) electrons. The van der Waals surface area contributed by atoms with Crippen LogP contribution in [0.3, 0.4) is 0 Å². The summed E-state index contributed by atoms with van der Waals surface area (Å²) in [7, 11) is 0. The van der Waals surface area contributed by atoms with Crippen LogP contribution in [-0.2, 0) is 10.5 Å². The van der Waals surface area contributed by atoms with Crippen molar-refractivity contribution >= 4 is 50.9 Å². The number of carbonyl (C=O) groups is 1. The van der Waals surface area contributed by atoms with Gasteiger partial charge in [-0.15, -0.1) is 11.8 Å². The SMILES string of the molecule is Cc1ccc(NC(=O)CSCc2cccc(Cl)c2)c(Br)c1. The molecule has 1 N–H and O–H groups in total. The van der Waals surface area contributed by atoms with Gasteiger partial charge >= 0.3 is 0 Å². The summed E-state index contributed by atoms with van der Waals surface area (Å²) in [5, 5.41) is 3.63. The molecule has 5 heteroatoms. The lowest BCUT2D eigenvalue weighted by molar-refractivity contribution is -0.113. The molecular formula is C16H15BrClNOS. The molecule has 0 aliphatic heterocycles. The van der Waals surface area contributed by atoms with Crippen molar-refractivity contribution in [2.75, 3.05) is 11.1 Å². The molecule has 1 amide bonds. The topological polar surface area (TPSA) is 29.1 Å². The van der Waals surface area contributed by atoms with Crippen LogP contribution in [0, 0.1) is 6.92 Å². The minimum atomic E-state index is -0.00780. The van der Waals surface area contributed by atoms with Gasteiger partial charge in [0.1, 0.15) is 0 Å². The molecule has 0 aliphatic carbocycles. The molecule has 2 aromatic carbocycles. The lowest BCUT2D eigenvalue weighted by atomic mass is 10.2. The number of anilines is 1. The molecule has 0 aromatic heterocycles. The highest BCUT2D eigenvalue weighted by Crippen LogP contribution is 2.24. The fourth-order valence-corrected chi connectivity index (χ4v) is 3.38. The van der Waals surface area contributed by atoms with Gasteiger partial charge < -0.3 is 5.32 Å². The van der Waals surface area contributed by atoms with Crippen LogP contribution in [0.5, 0.6) is 0 Å². The molecule has 0 spiro atoms. The molecule has 0 unspecified atom stereocenters. The number of thioether (sulfide) groups is 1. The number of hydrogen-bond acceptors (Lipinski definition) is 2. The number of rotatable bonds is 5. The van der Waals surface area contributed by atoms with Crippen LogP contribution in [0.2, 0.25) is 5.02 Å². The second-order valence-corrected chi connectivity index (χ2v) is 6.93. The van der Waals surface area contributed by atoms with Crippen LogP contribution in [0.1, 0.15) is 11.1 Å².